The van der Waals surface area contributed by atoms with Crippen molar-refractivity contribution in [1.82, 2.24) is 5.32 Å². The van der Waals surface area contributed by atoms with Gasteiger partial charge in [0.2, 0.25) is 5.91 Å². The van der Waals surface area contributed by atoms with Crippen LogP contribution in [0, 0.1) is 0 Å². The van der Waals surface area contributed by atoms with E-state index in [2.05, 4.69) is 10.5 Å². The van der Waals surface area contributed by atoms with Gasteiger partial charge >= 0.3 is 6.09 Å². The molecule has 3 aliphatic heterocycles. The summed E-state index contributed by atoms with van der Waals surface area (Å²) in [6.45, 7) is 1.91. The minimum Gasteiger partial charge on any atom is -0.442 e. The number of amides is 2. The number of anilines is 2. The van der Waals surface area contributed by atoms with Crippen LogP contribution in [0.2, 0.25) is 0 Å². The SMILES string of the molecule is O=C(NC[C@H]1CN(c2ccc(N3C=NOCC3)cc2)C(=O)O1)C1CC=C(Cl)S1. The molecular formula is C18H19ClN4O4S. The predicted molar refractivity (Wildman–Crippen MR) is 109 cm³/mol. The van der Waals surface area contributed by atoms with Gasteiger partial charge in [-0.25, -0.2) is 4.79 Å². The number of halogens is 1. The van der Waals surface area contributed by atoms with Crippen molar-refractivity contribution in [2.75, 3.05) is 36.0 Å². The van der Waals surface area contributed by atoms with Crippen LogP contribution in [0.25, 0.3) is 0 Å². The van der Waals surface area contributed by atoms with Crippen LogP contribution in [-0.2, 0) is 14.4 Å². The Morgan fingerprint density at radius 2 is 2.11 bits per heavy atom. The maximum absolute atomic E-state index is 12.2. The summed E-state index contributed by atoms with van der Waals surface area (Å²) in [6.07, 6.45) is 3.27. The number of hydrogen-bond acceptors (Lipinski definition) is 7. The third-order valence-corrected chi connectivity index (χ3v) is 6.10. The smallest absolute Gasteiger partial charge is 0.414 e. The fraction of sp³-hybridized carbons (Fsp3) is 0.389. The van der Waals surface area contributed by atoms with Crippen LogP contribution in [0.1, 0.15) is 6.42 Å². The van der Waals surface area contributed by atoms with Crippen LogP contribution >= 0.6 is 23.4 Å². The van der Waals surface area contributed by atoms with Crippen LogP contribution in [-0.4, -0.2) is 55.9 Å². The lowest BCUT2D eigenvalue weighted by atomic mass is 10.2. The summed E-state index contributed by atoms with van der Waals surface area (Å²) < 4.78 is 6.03. The van der Waals surface area contributed by atoms with E-state index >= 15 is 0 Å². The van der Waals surface area contributed by atoms with Crippen molar-refractivity contribution in [2.45, 2.75) is 17.8 Å². The Labute approximate surface area is 171 Å². The highest BCUT2D eigenvalue weighted by Gasteiger charge is 2.33. The second-order valence-corrected chi connectivity index (χ2v) is 8.35. The molecule has 2 amide bonds. The lowest BCUT2D eigenvalue weighted by Crippen LogP contribution is -2.38. The molecule has 2 atom stereocenters. The molecule has 1 aromatic rings. The van der Waals surface area contributed by atoms with Gasteiger partial charge in [-0.1, -0.05) is 22.8 Å². The van der Waals surface area contributed by atoms with Crippen LogP contribution in [0.3, 0.4) is 0 Å². The van der Waals surface area contributed by atoms with Gasteiger partial charge < -0.3 is 19.8 Å². The van der Waals surface area contributed by atoms with E-state index in [9.17, 15) is 9.59 Å². The number of carbonyl (C=O) groups is 2. The Kier molecular flexibility index (Phi) is 5.63. The van der Waals surface area contributed by atoms with Crippen LogP contribution < -0.4 is 15.1 Å². The van der Waals surface area contributed by atoms with Crippen molar-refractivity contribution in [3.8, 4) is 0 Å². The van der Waals surface area contributed by atoms with Gasteiger partial charge in [0.25, 0.3) is 0 Å². The van der Waals surface area contributed by atoms with Crippen molar-refractivity contribution in [3.63, 3.8) is 0 Å². The summed E-state index contributed by atoms with van der Waals surface area (Å²) >= 11 is 7.24. The normalized spacial score (nSPS) is 24.0. The largest absolute Gasteiger partial charge is 0.442 e. The number of nitrogens with zero attached hydrogens (tertiary/aromatic N) is 3. The second kappa shape index (κ2) is 8.32. The molecule has 1 N–H and O–H groups in total. The molecule has 1 fully saturated rings. The first kappa shape index (κ1) is 18.9. The molecular weight excluding hydrogens is 404 g/mol. The van der Waals surface area contributed by atoms with Crippen LogP contribution in [0.5, 0.6) is 0 Å². The van der Waals surface area contributed by atoms with E-state index in [0.717, 1.165) is 17.9 Å². The number of cyclic esters (lactones) is 1. The maximum Gasteiger partial charge on any atom is 0.414 e. The molecule has 3 aliphatic rings. The van der Waals surface area contributed by atoms with E-state index < -0.39 is 12.2 Å². The van der Waals surface area contributed by atoms with E-state index in [1.165, 1.54) is 11.8 Å². The second-order valence-electron chi connectivity index (χ2n) is 6.48. The van der Waals surface area contributed by atoms with Gasteiger partial charge in [0.15, 0.2) is 0 Å². The van der Waals surface area contributed by atoms with Crippen molar-refractivity contribution in [2.24, 2.45) is 5.16 Å². The Morgan fingerprint density at radius 3 is 2.79 bits per heavy atom. The molecule has 0 spiro atoms. The number of rotatable bonds is 5. The standard InChI is InChI=1S/C18H19ClN4O4S/c19-16-6-5-15(28-16)17(24)20-9-14-10-23(18(25)27-14)13-3-1-12(2-4-13)22-7-8-26-21-11-22/h1-4,6,11,14-15H,5,7-10H2,(H,20,24)/t14-,15?/m0/s1. The molecule has 10 heteroatoms. The highest BCUT2D eigenvalue weighted by atomic mass is 35.5. The summed E-state index contributed by atoms with van der Waals surface area (Å²) in [4.78, 5) is 32.9. The lowest BCUT2D eigenvalue weighted by molar-refractivity contribution is -0.120. The zero-order chi connectivity index (χ0) is 19.5. The molecule has 0 radical (unpaired) electrons. The number of benzene rings is 1. The minimum atomic E-state index is -0.417. The molecule has 8 nitrogen and oxygen atoms in total. The van der Waals surface area contributed by atoms with E-state index in [1.54, 1.807) is 11.2 Å². The monoisotopic (exact) mass is 422 g/mol. The molecule has 148 valence electrons. The molecule has 0 bridgehead atoms. The number of hydrogen-bond donors (Lipinski definition) is 1. The predicted octanol–water partition coefficient (Wildman–Crippen LogP) is 2.49. The molecule has 1 saturated heterocycles. The van der Waals surface area contributed by atoms with E-state index in [0.29, 0.717) is 23.9 Å². The first-order valence-electron chi connectivity index (χ1n) is 8.90. The summed E-state index contributed by atoms with van der Waals surface area (Å²) in [5, 5.41) is 6.43. The van der Waals surface area contributed by atoms with Crippen molar-refractivity contribution < 1.29 is 19.2 Å². The van der Waals surface area contributed by atoms with Crippen molar-refractivity contribution >= 4 is 53.1 Å². The Morgan fingerprint density at radius 1 is 1.32 bits per heavy atom. The topological polar surface area (TPSA) is 83.5 Å². The van der Waals surface area contributed by atoms with Gasteiger partial charge in [-0.3, -0.25) is 9.69 Å². The van der Waals surface area contributed by atoms with Crippen molar-refractivity contribution in [3.05, 3.63) is 34.7 Å². The van der Waals surface area contributed by atoms with Gasteiger partial charge in [0.05, 0.1) is 29.2 Å². The van der Waals surface area contributed by atoms with Gasteiger partial charge in [-0.15, -0.1) is 11.8 Å². The summed E-state index contributed by atoms with van der Waals surface area (Å²) in [6, 6.07) is 7.57. The average molecular weight is 423 g/mol. The Balaban J connectivity index is 1.31. The molecule has 3 heterocycles. The summed E-state index contributed by atoms with van der Waals surface area (Å²) in [5.74, 6) is -0.0945. The molecule has 0 aliphatic carbocycles. The Hall–Kier alpha value is -2.39. The van der Waals surface area contributed by atoms with E-state index in [-0.39, 0.29) is 17.7 Å². The zero-order valence-corrected chi connectivity index (χ0v) is 16.5. The number of ether oxygens (including phenoxy) is 1. The van der Waals surface area contributed by atoms with Gasteiger partial charge in [-0.05, 0) is 30.7 Å². The molecule has 4 rings (SSSR count). The Bertz CT molecular complexity index is 816. The van der Waals surface area contributed by atoms with E-state index in [1.807, 2.05) is 35.2 Å². The number of carbonyl (C=O) groups excluding carboxylic acids is 2. The fourth-order valence-corrected chi connectivity index (χ4v) is 4.38. The third-order valence-electron chi connectivity index (χ3n) is 4.60. The average Bonchev–Trinajstić information content (AvgIpc) is 3.32. The first-order chi connectivity index (χ1) is 13.6. The number of oxime groups is 1. The van der Waals surface area contributed by atoms with Crippen LogP contribution in [0.15, 0.2) is 39.9 Å². The highest BCUT2D eigenvalue weighted by Crippen LogP contribution is 2.34. The third kappa shape index (κ3) is 4.20. The van der Waals surface area contributed by atoms with Crippen molar-refractivity contribution in [1.29, 1.82) is 0 Å². The van der Waals surface area contributed by atoms with Gasteiger partial charge in [0.1, 0.15) is 19.0 Å². The summed E-state index contributed by atoms with van der Waals surface area (Å²) in [7, 11) is 0. The lowest BCUT2D eigenvalue weighted by Gasteiger charge is -2.22. The quantitative estimate of drug-likeness (QED) is 0.784. The number of nitrogens with one attached hydrogen (secondary N) is 1. The fourth-order valence-electron chi connectivity index (χ4n) is 3.12. The highest BCUT2D eigenvalue weighted by molar-refractivity contribution is 8.06. The van der Waals surface area contributed by atoms with Crippen LogP contribution in [0.4, 0.5) is 16.2 Å². The zero-order valence-electron chi connectivity index (χ0n) is 14.9. The van der Waals surface area contributed by atoms with E-state index in [4.69, 9.17) is 21.2 Å². The molecule has 1 aromatic carbocycles. The molecule has 28 heavy (non-hydrogen) atoms. The first-order valence-corrected chi connectivity index (χ1v) is 10.2. The molecule has 0 aromatic heterocycles. The van der Waals surface area contributed by atoms with Gasteiger partial charge in [-0.2, -0.15) is 0 Å². The van der Waals surface area contributed by atoms with Gasteiger partial charge in [0, 0.05) is 11.4 Å². The number of allylic oxidation sites excluding steroid dienone is 1. The molecule has 0 saturated carbocycles. The minimum absolute atomic E-state index is 0.0945. The molecule has 1 unspecified atom stereocenters. The summed E-state index contributed by atoms with van der Waals surface area (Å²) in [5.41, 5.74) is 1.71. The maximum atomic E-state index is 12.2. The number of thioether (sulfide) groups is 1.